The van der Waals surface area contributed by atoms with E-state index in [0.29, 0.717) is 5.65 Å². The summed E-state index contributed by atoms with van der Waals surface area (Å²) < 4.78 is 7.07. The number of nitrogens with zero attached hydrogens (tertiary/aromatic N) is 3. The van der Waals surface area contributed by atoms with E-state index in [1.54, 1.807) is 24.8 Å². The van der Waals surface area contributed by atoms with Crippen molar-refractivity contribution in [3.63, 3.8) is 0 Å². The van der Waals surface area contributed by atoms with Gasteiger partial charge in [0, 0.05) is 18.9 Å². The summed E-state index contributed by atoms with van der Waals surface area (Å²) in [5.41, 5.74) is 6.68. The first kappa shape index (κ1) is 14.3. The van der Waals surface area contributed by atoms with Crippen molar-refractivity contribution in [1.29, 1.82) is 0 Å². The fraction of sp³-hybridized carbons (Fsp3) is 0.462. The number of carbonyl (C=O) groups is 1. The van der Waals surface area contributed by atoms with E-state index in [1.807, 2.05) is 25.2 Å². The van der Waals surface area contributed by atoms with Crippen LogP contribution < -0.4 is 11.1 Å². The number of alkyl carbamates (subject to hydrolysis) is 1. The van der Waals surface area contributed by atoms with Gasteiger partial charge in [0.05, 0.1) is 24.1 Å². The topological polar surface area (TPSA) is 94.5 Å². The van der Waals surface area contributed by atoms with Crippen LogP contribution in [0.3, 0.4) is 0 Å². The van der Waals surface area contributed by atoms with E-state index in [4.69, 9.17) is 10.5 Å². The summed E-state index contributed by atoms with van der Waals surface area (Å²) in [5.74, 6) is 0. The van der Waals surface area contributed by atoms with Crippen molar-refractivity contribution < 1.29 is 9.53 Å². The van der Waals surface area contributed by atoms with Gasteiger partial charge in [0.1, 0.15) is 5.60 Å². The number of hydrogen-bond acceptors (Lipinski definition) is 5. The van der Waals surface area contributed by atoms with Crippen molar-refractivity contribution in [3.8, 4) is 0 Å². The minimum Gasteiger partial charge on any atom is -0.444 e. The zero-order valence-electron chi connectivity index (χ0n) is 11.8. The van der Waals surface area contributed by atoms with Crippen LogP contribution in [0.2, 0.25) is 0 Å². The monoisotopic (exact) mass is 277 g/mol. The number of hydrogen-bond donors (Lipinski definition) is 2. The first-order valence-corrected chi connectivity index (χ1v) is 6.37. The molecule has 0 aliphatic heterocycles. The number of rotatable bonds is 3. The average Bonchev–Trinajstić information content (AvgIpc) is 2.77. The Labute approximate surface area is 117 Å². The van der Waals surface area contributed by atoms with E-state index in [1.165, 1.54) is 0 Å². The molecule has 2 rings (SSSR count). The lowest BCUT2D eigenvalue weighted by Gasteiger charge is -2.22. The molecule has 0 radical (unpaired) electrons. The maximum Gasteiger partial charge on any atom is 0.408 e. The molecule has 1 amide bonds. The molecule has 7 nitrogen and oxygen atoms in total. The van der Waals surface area contributed by atoms with Gasteiger partial charge in [-0.1, -0.05) is 0 Å². The van der Waals surface area contributed by atoms with Gasteiger partial charge in [-0.15, -0.1) is 0 Å². The predicted octanol–water partition coefficient (Wildman–Crippen LogP) is 1.25. The summed E-state index contributed by atoms with van der Waals surface area (Å²) >= 11 is 0. The zero-order chi connectivity index (χ0) is 14.8. The number of amides is 1. The largest absolute Gasteiger partial charge is 0.444 e. The van der Waals surface area contributed by atoms with Crippen LogP contribution in [-0.2, 0) is 4.74 Å². The maximum absolute atomic E-state index is 11.8. The summed E-state index contributed by atoms with van der Waals surface area (Å²) in [6, 6.07) is -0.373. The van der Waals surface area contributed by atoms with Gasteiger partial charge < -0.3 is 15.8 Å². The quantitative estimate of drug-likeness (QED) is 0.880. The van der Waals surface area contributed by atoms with E-state index in [2.05, 4.69) is 15.3 Å². The molecular formula is C13H19N5O2. The molecule has 7 heteroatoms. The maximum atomic E-state index is 11.8. The third-order valence-corrected chi connectivity index (χ3v) is 2.63. The van der Waals surface area contributed by atoms with E-state index in [9.17, 15) is 4.79 Å². The van der Waals surface area contributed by atoms with Crippen LogP contribution in [0.25, 0.3) is 5.65 Å². The SMILES string of the molecule is CC(C)(C)OC(=O)NC(CN)c1cnc2cnccn12. The van der Waals surface area contributed by atoms with Gasteiger partial charge >= 0.3 is 6.09 Å². The normalized spacial score (nSPS) is 13.2. The number of nitrogens with one attached hydrogen (secondary N) is 1. The predicted molar refractivity (Wildman–Crippen MR) is 74.2 cm³/mol. The minimum atomic E-state index is -0.549. The van der Waals surface area contributed by atoms with Crippen molar-refractivity contribution >= 4 is 11.7 Å². The number of nitrogens with two attached hydrogens (primary N) is 1. The third-order valence-electron chi connectivity index (χ3n) is 2.63. The molecule has 0 saturated carbocycles. The number of fused-ring (bicyclic) bond motifs is 1. The summed E-state index contributed by atoms with van der Waals surface area (Å²) in [7, 11) is 0. The molecule has 2 aromatic heterocycles. The van der Waals surface area contributed by atoms with Gasteiger partial charge in [0.2, 0.25) is 0 Å². The molecule has 2 aromatic rings. The Hall–Kier alpha value is -2.15. The smallest absolute Gasteiger partial charge is 0.408 e. The highest BCUT2D eigenvalue weighted by atomic mass is 16.6. The van der Waals surface area contributed by atoms with Crippen LogP contribution >= 0.6 is 0 Å². The number of carbonyl (C=O) groups excluding carboxylic acids is 1. The Kier molecular flexibility index (Phi) is 3.89. The molecule has 0 aliphatic rings. The standard InChI is InChI=1S/C13H19N5O2/c1-13(2,3)20-12(19)17-9(6-14)10-7-16-11-8-15-4-5-18(10)11/h4-5,7-9H,6,14H2,1-3H3,(H,17,19). The average molecular weight is 277 g/mol. The highest BCUT2D eigenvalue weighted by molar-refractivity contribution is 5.68. The zero-order valence-corrected chi connectivity index (χ0v) is 11.8. The van der Waals surface area contributed by atoms with Crippen molar-refractivity contribution in [2.24, 2.45) is 5.73 Å². The Bertz CT molecular complexity index is 602. The van der Waals surface area contributed by atoms with E-state index >= 15 is 0 Å². The molecule has 20 heavy (non-hydrogen) atoms. The van der Waals surface area contributed by atoms with Gasteiger partial charge in [-0.2, -0.15) is 0 Å². The minimum absolute atomic E-state index is 0.245. The Balaban J connectivity index is 2.18. The number of ether oxygens (including phenoxy) is 1. The lowest BCUT2D eigenvalue weighted by atomic mass is 10.2. The van der Waals surface area contributed by atoms with Crippen LogP contribution in [0.4, 0.5) is 4.79 Å². The second-order valence-corrected chi connectivity index (χ2v) is 5.42. The third kappa shape index (κ3) is 3.24. The molecule has 0 bridgehead atoms. The summed E-state index contributed by atoms with van der Waals surface area (Å²) in [6.45, 7) is 5.67. The molecule has 1 atom stereocenters. The Morgan fingerprint density at radius 3 is 2.90 bits per heavy atom. The molecule has 108 valence electrons. The van der Waals surface area contributed by atoms with Crippen molar-refractivity contribution in [1.82, 2.24) is 19.7 Å². The van der Waals surface area contributed by atoms with Crippen LogP contribution in [0.1, 0.15) is 32.5 Å². The Morgan fingerprint density at radius 2 is 2.25 bits per heavy atom. The van der Waals surface area contributed by atoms with Crippen LogP contribution in [0.15, 0.2) is 24.8 Å². The van der Waals surface area contributed by atoms with Crippen LogP contribution in [0, 0.1) is 0 Å². The summed E-state index contributed by atoms with van der Waals surface area (Å²) in [4.78, 5) is 20.0. The molecule has 0 fully saturated rings. The molecule has 2 heterocycles. The van der Waals surface area contributed by atoms with Gasteiger partial charge in [0.15, 0.2) is 5.65 Å². The van der Waals surface area contributed by atoms with Crippen LogP contribution in [-0.4, -0.2) is 32.6 Å². The van der Waals surface area contributed by atoms with Gasteiger partial charge in [0.25, 0.3) is 0 Å². The first-order valence-electron chi connectivity index (χ1n) is 6.37. The van der Waals surface area contributed by atoms with Crippen molar-refractivity contribution in [2.75, 3.05) is 6.54 Å². The van der Waals surface area contributed by atoms with E-state index in [-0.39, 0.29) is 12.6 Å². The number of imidazole rings is 1. The second-order valence-electron chi connectivity index (χ2n) is 5.42. The first-order chi connectivity index (χ1) is 9.40. The van der Waals surface area contributed by atoms with Crippen molar-refractivity contribution in [3.05, 3.63) is 30.5 Å². The highest BCUT2D eigenvalue weighted by Gasteiger charge is 2.21. The van der Waals surface area contributed by atoms with Gasteiger partial charge in [-0.05, 0) is 20.8 Å². The highest BCUT2D eigenvalue weighted by Crippen LogP contribution is 2.15. The summed E-state index contributed by atoms with van der Waals surface area (Å²) in [6.07, 6.45) is 6.24. The van der Waals surface area contributed by atoms with Crippen LogP contribution in [0.5, 0.6) is 0 Å². The molecule has 0 spiro atoms. The molecule has 3 N–H and O–H groups in total. The molecule has 0 aromatic carbocycles. The number of aromatic nitrogens is 3. The lowest BCUT2D eigenvalue weighted by Crippen LogP contribution is -2.38. The molecule has 0 aliphatic carbocycles. The Morgan fingerprint density at radius 1 is 1.50 bits per heavy atom. The second kappa shape index (κ2) is 5.46. The fourth-order valence-corrected chi connectivity index (χ4v) is 1.82. The van der Waals surface area contributed by atoms with Crippen molar-refractivity contribution in [2.45, 2.75) is 32.4 Å². The molecule has 0 saturated heterocycles. The molecular weight excluding hydrogens is 258 g/mol. The van der Waals surface area contributed by atoms with Gasteiger partial charge in [-0.25, -0.2) is 9.78 Å². The van der Waals surface area contributed by atoms with E-state index < -0.39 is 11.7 Å². The fourth-order valence-electron chi connectivity index (χ4n) is 1.82. The summed E-state index contributed by atoms with van der Waals surface area (Å²) in [5, 5.41) is 2.75. The molecule has 1 unspecified atom stereocenters. The lowest BCUT2D eigenvalue weighted by molar-refractivity contribution is 0.0504. The van der Waals surface area contributed by atoms with E-state index in [0.717, 1.165) is 5.69 Å². The van der Waals surface area contributed by atoms with Gasteiger partial charge in [-0.3, -0.25) is 9.38 Å².